The topological polar surface area (TPSA) is 79.5 Å². The van der Waals surface area contributed by atoms with Crippen LogP contribution in [0, 0.1) is 25.2 Å². The molecule has 0 radical (unpaired) electrons. The first-order valence-corrected chi connectivity index (χ1v) is 6.07. The zero-order chi connectivity index (χ0) is 15.1. The van der Waals surface area contributed by atoms with E-state index in [0.29, 0.717) is 16.7 Å². The van der Waals surface area contributed by atoms with Crippen molar-refractivity contribution in [3.8, 4) is 11.8 Å². The molecule has 0 saturated carbocycles. The van der Waals surface area contributed by atoms with E-state index < -0.39 is 5.97 Å². The third-order valence-corrected chi connectivity index (χ3v) is 2.69. The smallest absolute Gasteiger partial charge is 0.348 e. The van der Waals surface area contributed by atoms with Gasteiger partial charge in [-0.2, -0.15) is 5.26 Å². The van der Waals surface area contributed by atoms with Crippen molar-refractivity contribution in [1.29, 1.82) is 5.26 Å². The fourth-order valence-corrected chi connectivity index (χ4v) is 1.67. The van der Waals surface area contributed by atoms with Crippen LogP contribution in [0.1, 0.15) is 16.7 Å². The Morgan fingerprint density at radius 2 is 1.95 bits per heavy atom. The average molecular weight is 275 g/mol. The number of phenols is 1. The van der Waals surface area contributed by atoms with Gasteiger partial charge in [-0.25, -0.2) is 4.79 Å². The van der Waals surface area contributed by atoms with Crippen molar-refractivity contribution in [3.05, 3.63) is 34.4 Å². The molecule has 0 fully saturated rings. The van der Waals surface area contributed by atoms with Crippen LogP contribution in [-0.2, 0) is 14.3 Å². The Kier molecular flexibility index (Phi) is 5.75. The molecule has 0 aliphatic carbocycles. The summed E-state index contributed by atoms with van der Waals surface area (Å²) in [5.74, 6) is -0.476. The molecule has 1 aromatic carbocycles. The van der Waals surface area contributed by atoms with Crippen LogP contribution in [0.25, 0.3) is 6.08 Å². The second-order valence-corrected chi connectivity index (χ2v) is 4.30. The number of carbonyl (C=O) groups is 1. The normalized spacial score (nSPS) is 11.0. The molecule has 20 heavy (non-hydrogen) atoms. The highest BCUT2D eigenvalue weighted by atomic mass is 16.6. The van der Waals surface area contributed by atoms with Crippen molar-refractivity contribution in [2.24, 2.45) is 0 Å². The zero-order valence-corrected chi connectivity index (χ0v) is 11.8. The van der Waals surface area contributed by atoms with E-state index >= 15 is 0 Å². The van der Waals surface area contributed by atoms with E-state index in [1.807, 2.05) is 6.07 Å². The number of esters is 1. The Labute approximate surface area is 118 Å². The van der Waals surface area contributed by atoms with Crippen molar-refractivity contribution >= 4 is 12.0 Å². The van der Waals surface area contributed by atoms with Crippen LogP contribution in [0.5, 0.6) is 5.75 Å². The maximum atomic E-state index is 11.7. The van der Waals surface area contributed by atoms with Crippen LogP contribution in [0.3, 0.4) is 0 Å². The molecule has 0 aliphatic rings. The summed E-state index contributed by atoms with van der Waals surface area (Å²) < 4.78 is 9.65. The highest BCUT2D eigenvalue weighted by Gasteiger charge is 2.11. The number of nitriles is 1. The lowest BCUT2D eigenvalue weighted by Crippen LogP contribution is -2.11. The summed E-state index contributed by atoms with van der Waals surface area (Å²) in [4.78, 5) is 11.7. The van der Waals surface area contributed by atoms with Crippen LogP contribution < -0.4 is 0 Å². The Morgan fingerprint density at radius 1 is 1.35 bits per heavy atom. The van der Waals surface area contributed by atoms with Crippen molar-refractivity contribution in [3.63, 3.8) is 0 Å². The average Bonchev–Trinajstić information content (AvgIpc) is 2.42. The third-order valence-electron chi connectivity index (χ3n) is 2.69. The largest absolute Gasteiger partial charge is 0.507 e. The van der Waals surface area contributed by atoms with E-state index in [1.54, 1.807) is 26.0 Å². The number of ether oxygens (including phenoxy) is 2. The van der Waals surface area contributed by atoms with E-state index in [-0.39, 0.29) is 24.5 Å². The standard InChI is InChI=1S/C15H17NO4/c1-10-6-12(7-11(2)14(10)17)8-13(9-16)15(18)20-5-4-19-3/h6-8,17H,4-5H2,1-3H3/b13-8+. The third kappa shape index (κ3) is 4.11. The number of hydrogen-bond acceptors (Lipinski definition) is 5. The van der Waals surface area contributed by atoms with E-state index in [0.717, 1.165) is 0 Å². The van der Waals surface area contributed by atoms with Crippen molar-refractivity contribution in [2.75, 3.05) is 20.3 Å². The number of aryl methyl sites for hydroxylation is 2. The quantitative estimate of drug-likeness (QED) is 0.385. The van der Waals surface area contributed by atoms with E-state index in [1.165, 1.54) is 13.2 Å². The molecule has 0 atom stereocenters. The molecular formula is C15H17NO4. The highest BCUT2D eigenvalue weighted by molar-refractivity contribution is 5.97. The van der Waals surface area contributed by atoms with Crippen molar-refractivity contribution < 1.29 is 19.4 Å². The van der Waals surface area contributed by atoms with Gasteiger partial charge in [0, 0.05) is 7.11 Å². The SMILES string of the molecule is COCCOC(=O)/C(C#N)=C/c1cc(C)c(O)c(C)c1. The number of methoxy groups -OCH3 is 1. The molecule has 0 amide bonds. The van der Waals surface area contributed by atoms with Gasteiger partial charge < -0.3 is 14.6 Å². The minimum absolute atomic E-state index is 0.0920. The lowest BCUT2D eigenvalue weighted by Gasteiger charge is -2.06. The monoisotopic (exact) mass is 275 g/mol. The van der Waals surface area contributed by atoms with Crippen LogP contribution in [-0.4, -0.2) is 31.4 Å². The second-order valence-electron chi connectivity index (χ2n) is 4.30. The molecule has 0 aromatic heterocycles. The number of nitrogens with zero attached hydrogens (tertiary/aromatic N) is 1. The summed E-state index contributed by atoms with van der Waals surface area (Å²) in [7, 11) is 1.50. The molecular weight excluding hydrogens is 258 g/mol. The highest BCUT2D eigenvalue weighted by Crippen LogP contribution is 2.24. The summed E-state index contributed by atoms with van der Waals surface area (Å²) in [6.45, 7) is 3.88. The number of aromatic hydroxyl groups is 1. The van der Waals surface area contributed by atoms with Crippen LogP contribution >= 0.6 is 0 Å². The molecule has 5 heteroatoms. The van der Waals surface area contributed by atoms with Crippen molar-refractivity contribution in [1.82, 2.24) is 0 Å². The van der Waals surface area contributed by atoms with Gasteiger partial charge in [0.2, 0.25) is 0 Å². The van der Waals surface area contributed by atoms with E-state index in [4.69, 9.17) is 14.7 Å². The summed E-state index contributed by atoms with van der Waals surface area (Å²) in [6, 6.07) is 5.21. The Morgan fingerprint density at radius 3 is 2.45 bits per heavy atom. The molecule has 0 saturated heterocycles. The number of carbonyl (C=O) groups excluding carboxylic acids is 1. The molecule has 0 unspecified atom stereocenters. The van der Waals surface area contributed by atoms with Crippen molar-refractivity contribution in [2.45, 2.75) is 13.8 Å². The maximum Gasteiger partial charge on any atom is 0.348 e. The summed E-state index contributed by atoms with van der Waals surface area (Å²) >= 11 is 0. The number of benzene rings is 1. The second kappa shape index (κ2) is 7.31. The molecule has 1 aromatic rings. The lowest BCUT2D eigenvalue weighted by molar-refractivity contribution is -0.139. The molecule has 0 bridgehead atoms. The molecule has 0 spiro atoms. The Balaban J connectivity index is 2.95. The maximum absolute atomic E-state index is 11.7. The Bertz CT molecular complexity index is 547. The van der Waals surface area contributed by atoms with Crippen LogP contribution in [0.15, 0.2) is 17.7 Å². The van der Waals surface area contributed by atoms with Crippen LogP contribution in [0.4, 0.5) is 0 Å². The summed E-state index contributed by atoms with van der Waals surface area (Å²) in [5.41, 5.74) is 1.94. The minimum atomic E-state index is -0.687. The van der Waals surface area contributed by atoms with Gasteiger partial charge in [0.15, 0.2) is 0 Å². The lowest BCUT2D eigenvalue weighted by atomic mass is 10.0. The van der Waals surface area contributed by atoms with Gasteiger partial charge in [0.05, 0.1) is 6.61 Å². The fraction of sp³-hybridized carbons (Fsp3) is 0.333. The first kappa shape index (κ1) is 15.7. The number of rotatable bonds is 5. The molecule has 1 rings (SSSR count). The first-order chi connectivity index (χ1) is 9.49. The van der Waals surface area contributed by atoms with Gasteiger partial charge in [0.1, 0.15) is 24.0 Å². The summed E-state index contributed by atoms with van der Waals surface area (Å²) in [6.07, 6.45) is 1.44. The zero-order valence-electron chi connectivity index (χ0n) is 11.8. The minimum Gasteiger partial charge on any atom is -0.507 e. The van der Waals surface area contributed by atoms with Gasteiger partial charge in [0.25, 0.3) is 0 Å². The van der Waals surface area contributed by atoms with Gasteiger partial charge in [-0.1, -0.05) is 0 Å². The van der Waals surface area contributed by atoms with E-state index in [2.05, 4.69) is 0 Å². The summed E-state index contributed by atoms with van der Waals surface area (Å²) in [5, 5.41) is 18.7. The molecule has 106 valence electrons. The first-order valence-electron chi connectivity index (χ1n) is 6.07. The number of hydrogen-bond donors (Lipinski definition) is 1. The van der Waals surface area contributed by atoms with Gasteiger partial charge in [-0.05, 0) is 48.7 Å². The predicted octanol–water partition coefficient (Wildman–Crippen LogP) is 2.11. The molecule has 1 N–H and O–H groups in total. The number of phenolic OH excluding ortho intramolecular Hbond substituents is 1. The van der Waals surface area contributed by atoms with Gasteiger partial charge >= 0.3 is 5.97 Å². The Hall–Kier alpha value is -2.32. The van der Waals surface area contributed by atoms with Gasteiger partial charge in [-0.15, -0.1) is 0 Å². The van der Waals surface area contributed by atoms with Crippen LogP contribution in [0.2, 0.25) is 0 Å². The van der Waals surface area contributed by atoms with E-state index in [9.17, 15) is 9.90 Å². The molecule has 5 nitrogen and oxygen atoms in total. The van der Waals surface area contributed by atoms with Gasteiger partial charge in [-0.3, -0.25) is 0 Å². The fourth-order valence-electron chi connectivity index (χ4n) is 1.67. The molecule has 0 heterocycles. The predicted molar refractivity (Wildman–Crippen MR) is 74.0 cm³/mol. The molecule has 0 aliphatic heterocycles.